The zero-order valence-electron chi connectivity index (χ0n) is 12.2. The van der Waals surface area contributed by atoms with Crippen LogP contribution in [0, 0.1) is 0 Å². The number of benzene rings is 1. The molecule has 0 saturated carbocycles. The second kappa shape index (κ2) is 7.06. The first-order valence-electron chi connectivity index (χ1n) is 7.02. The molecule has 3 nitrogen and oxygen atoms in total. The average molecular weight is 270 g/mol. The number of hydrogen-bond acceptors (Lipinski definition) is 3. The molecular formula is C17H22N2O. The van der Waals surface area contributed by atoms with E-state index in [2.05, 4.69) is 42.0 Å². The molecule has 0 fully saturated rings. The number of nitrogens with one attached hydrogen (secondary N) is 1. The van der Waals surface area contributed by atoms with E-state index in [0.717, 1.165) is 17.9 Å². The maximum absolute atomic E-state index is 5.83. The predicted octanol–water partition coefficient (Wildman–Crippen LogP) is 4.11. The van der Waals surface area contributed by atoms with Crippen LogP contribution in [0.1, 0.15) is 31.9 Å². The molecule has 2 atom stereocenters. The van der Waals surface area contributed by atoms with Crippen molar-refractivity contribution in [2.75, 3.05) is 11.9 Å². The Kier molecular flexibility index (Phi) is 5.13. The molecule has 0 radical (unpaired) electrons. The van der Waals surface area contributed by atoms with E-state index in [9.17, 15) is 0 Å². The molecule has 1 aromatic rings. The largest absolute Gasteiger partial charge is 0.366 e. The summed E-state index contributed by atoms with van der Waals surface area (Å²) in [5, 5.41) is 3.34. The molecule has 1 aromatic carbocycles. The fraction of sp³-hybridized carbons (Fsp3) is 0.353. The molecule has 2 rings (SSSR count). The van der Waals surface area contributed by atoms with Gasteiger partial charge in [-0.1, -0.05) is 36.4 Å². The number of anilines is 1. The summed E-state index contributed by atoms with van der Waals surface area (Å²) in [4.78, 5) is 4.64. The third-order valence-electron chi connectivity index (χ3n) is 3.34. The van der Waals surface area contributed by atoms with Gasteiger partial charge in [-0.3, -0.25) is 4.99 Å². The highest BCUT2D eigenvalue weighted by molar-refractivity contribution is 5.98. The van der Waals surface area contributed by atoms with Crippen LogP contribution in [0.4, 0.5) is 5.69 Å². The Bertz CT molecular complexity index is 519. The summed E-state index contributed by atoms with van der Waals surface area (Å²) in [7, 11) is 0. The van der Waals surface area contributed by atoms with Gasteiger partial charge in [0.2, 0.25) is 0 Å². The van der Waals surface area contributed by atoms with Crippen LogP contribution in [0.2, 0.25) is 0 Å². The molecule has 1 heterocycles. The zero-order valence-corrected chi connectivity index (χ0v) is 12.2. The van der Waals surface area contributed by atoms with Crippen molar-refractivity contribution in [2.45, 2.75) is 32.4 Å². The van der Waals surface area contributed by atoms with Crippen molar-refractivity contribution in [2.24, 2.45) is 4.99 Å². The number of ether oxygens (including phenoxy) is 1. The predicted molar refractivity (Wildman–Crippen MR) is 85.3 cm³/mol. The van der Waals surface area contributed by atoms with E-state index >= 15 is 0 Å². The van der Waals surface area contributed by atoms with Crippen LogP contribution in [-0.4, -0.2) is 18.5 Å². The fourth-order valence-corrected chi connectivity index (χ4v) is 2.23. The van der Waals surface area contributed by atoms with E-state index in [0.29, 0.717) is 6.61 Å². The number of amidine groups is 1. The smallest absolute Gasteiger partial charge is 0.128 e. The normalized spacial score (nSPS) is 19.1. The lowest BCUT2D eigenvalue weighted by Crippen LogP contribution is -2.26. The fourth-order valence-electron chi connectivity index (χ4n) is 2.23. The molecule has 2 unspecified atom stereocenters. The van der Waals surface area contributed by atoms with Gasteiger partial charge in [-0.05, 0) is 31.9 Å². The van der Waals surface area contributed by atoms with Crippen LogP contribution in [0.25, 0.3) is 0 Å². The van der Waals surface area contributed by atoms with Gasteiger partial charge in [0.25, 0.3) is 0 Å². The van der Waals surface area contributed by atoms with Crippen molar-refractivity contribution in [3.63, 3.8) is 0 Å². The van der Waals surface area contributed by atoms with E-state index in [4.69, 9.17) is 4.74 Å². The Hall–Kier alpha value is -1.87. The van der Waals surface area contributed by atoms with Gasteiger partial charge in [-0.2, -0.15) is 0 Å². The first-order valence-corrected chi connectivity index (χ1v) is 7.02. The SMILES string of the molecule is C=CC(C/C=C\C)OCC1=NC(C)c2ccccc2N1. The van der Waals surface area contributed by atoms with Crippen LogP contribution in [0.3, 0.4) is 0 Å². The van der Waals surface area contributed by atoms with Crippen molar-refractivity contribution >= 4 is 11.5 Å². The Morgan fingerprint density at radius 1 is 1.45 bits per heavy atom. The van der Waals surface area contributed by atoms with Crippen LogP contribution in [0.15, 0.2) is 54.1 Å². The first-order chi connectivity index (χ1) is 9.74. The van der Waals surface area contributed by atoms with E-state index in [1.807, 2.05) is 31.2 Å². The van der Waals surface area contributed by atoms with E-state index in [1.54, 1.807) is 0 Å². The van der Waals surface area contributed by atoms with Gasteiger partial charge < -0.3 is 10.1 Å². The van der Waals surface area contributed by atoms with Crippen LogP contribution >= 0.6 is 0 Å². The molecule has 1 aliphatic rings. The van der Waals surface area contributed by atoms with E-state index in [1.165, 1.54) is 5.56 Å². The van der Waals surface area contributed by atoms with Crippen LogP contribution in [0.5, 0.6) is 0 Å². The second-order valence-electron chi connectivity index (χ2n) is 4.85. The molecule has 0 spiro atoms. The maximum atomic E-state index is 5.83. The monoisotopic (exact) mass is 270 g/mol. The lowest BCUT2D eigenvalue weighted by molar-refractivity contribution is 0.120. The Balaban J connectivity index is 1.96. The minimum atomic E-state index is 0.0307. The van der Waals surface area contributed by atoms with E-state index < -0.39 is 0 Å². The van der Waals surface area contributed by atoms with Gasteiger partial charge in [-0.15, -0.1) is 6.58 Å². The van der Waals surface area contributed by atoms with Gasteiger partial charge in [0.1, 0.15) is 12.4 Å². The Morgan fingerprint density at radius 3 is 3.00 bits per heavy atom. The quantitative estimate of drug-likeness (QED) is 0.789. The number of aliphatic imine (C=N–C) groups is 1. The topological polar surface area (TPSA) is 33.6 Å². The zero-order chi connectivity index (χ0) is 14.4. The van der Waals surface area contributed by atoms with Crippen molar-refractivity contribution in [3.8, 4) is 0 Å². The summed E-state index contributed by atoms with van der Waals surface area (Å²) in [5.41, 5.74) is 2.35. The summed E-state index contributed by atoms with van der Waals surface area (Å²) >= 11 is 0. The standard InChI is InChI=1S/C17H22N2O/c1-4-6-9-14(5-2)20-12-17-18-13(3)15-10-7-8-11-16(15)19-17/h4-8,10-11,13-14H,2,9,12H2,1,3H3,(H,18,19)/b6-4-. The number of para-hydroxylation sites is 1. The highest BCUT2D eigenvalue weighted by atomic mass is 16.5. The molecule has 106 valence electrons. The highest BCUT2D eigenvalue weighted by Crippen LogP contribution is 2.29. The molecule has 0 bridgehead atoms. The van der Waals surface area contributed by atoms with Crippen LogP contribution < -0.4 is 5.32 Å². The molecule has 1 N–H and O–H groups in total. The van der Waals surface area contributed by atoms with Crippen molar-refractivity contribution in [3.05, 3.63) is 54.6 Å². The summed E-state index contributed by atoms with van der Waals surface area (Å²) in [6, 6.07) is 8.42. The number of nitrogens with zero attached hydrogens (tertiary/aromatic N) is 1. The summed E-state index contributed by atoms with van der Waals surface area (Å²) in [5.74, 6) is 0.878. The molecule has 0 aliphatic carbocycles. The van der Waals surface area contributed by atoms with Gasteiger partial charge >= 0.3 is 0 Å². The maximum Gasteiger partial charge on any atom is 0.128 e. The average Bonchev–Trinajstić information content (AvgIpc) is 2.47. The number of hydrogen-bond donors (Lipinski definition) is 1. The molecule has 0 aromatic heterocycles. The van der Waals surface area contributed by atoms with Crippen molar-refractivity contribution < 1.29 is 4.74 Å². The lowest BCUT2D eigenvalue weighted by atomic mass is 10.0. The molecule has 20 heavy (non-hydrogen) atoms. The van der Waals surface area contributed by atoms with Gasteiger partial charge in [-0.25, -0.2) is 0 Å². The minimum absolute atomic E-state index is 0.0307. The van der Waals surface area contributed by atoms with Gasteiger partial charge in [0.15, 0.2) is 0 Å². The molecular weight excluding hydrogens is 248 g/mol. The van der Waals surface area contributed by atoms with E-state index in [-0.39, 0.29) is 12.1 Å². The number of rotatable bonds is 6. The van der Waals surface area contributed by atoms with Crippen molar-refractivity contribution in [1.82, 2.24) is 0 Å². The summed E-state index contributed by atoms with van der Waals surface area (Å²) in [6.07, 6.45) is 6.82. The molecule has 1 aliphatic heterocycles. The number of fused-ring (bicyclic) bond motifs is 1. The summed E-state index contributed by atoms with van der Waals surface area (Å²) < 4.78 is 5.83. The highest BCUT2D eigenvalue weighted by Gasteiger charge is 2.17. The number of allylic oxidation sites excluding steroid dienone is 1. The molecule has 3 heteroatoms. The van der Waals surface area contributed by atoms with Gasteiger partial charge in [0.05, 0.1) is 12.1 Å². The molecule has 0 amide bonds. The van der Waals surface area contributed by atoms with Gasteiger partial charge in [0, 0.05) is 5.69 Å². The third kappa shape index (κ3) is 3.58. The minimum Gasteiger partial charge on any atom is -0.366 e. The third-order valence-corrected chi connectivity index (χ3v) is 3.34. The summed E-state index contributed by atoms with van der Waals surface area (Å²) in [6.45, 7) is 8.40. The molecule has 0 saturated heterocycles. The first kappa shape index (κ1) is 14.5. The Labute approximate surface area is 121 Å². The lowest BCUT2D eigenvalue weighted by Gasteiger charge is -2.23. The second-order valence-corrected chi connectivity index (χ2v) is 4.85. The van der Waals surface area contributed by atoms with Crippen molar-refractivity contribution in [1.29, 1.82) is 0 Å². The van der Waals surface area contributed by atoms with Crippen LogP contribution in [-0.2, 0) is 4.74 Å². The Morgan fingerprint density at radius 2 is 2.25 bits per heavy atom.